The van der Waals surface area contributed by atoms with Gasteiger partial charge >= 0.3 is 0 Å². The van der Waals surface area contributed by atoms with E-state index in [1.165, 1.54) is 19.3 Å². The molecule has 5 heteroatoms. The van der Waals surface area contributed by atoms with Gasteiger partial charge in [0.05, 0.1) is 6.07 Å². The number of hydrogen-bond donors (Lipinski definition) is 1. The molecule has 136 valence electrons. The number of carbonyl (C=O) groups is 2. The molecule has 25 heavy (non-hydrogen) atoms. The maximum absolute atomic E-state index is 12.9. The summed E-state index contributed by atoms with van der Waals surface area (Å²) in [6, 6.07) is 2.29. The van der Waals surface area contributed by atoms with Crippen molar-refractivity contribution in [3.05, 3.63) is 0 Å². The highest BCUT2D eigenvalue weighted by molar-refractivity contribution is 5.84. The van der Waals surface area contributed by atoms with Crippen molar-refractivity contribution in [2.45, 2.75) is 57.8 Å². The Hall–Kier alpha value is -1.57. The van der Waals surface area contributed by atoms with Gasteiger partial charge in [-0.1, -0.05) is 0 Å². The van der Waals surface area contributed by atoms with Gasteiger partial charge < -0.3 is 10.2 Å². The van der Waals surface area contributed by atoms with Gasteiger partial charge in [-0.2, -0.15) is 5.26 Å². The van der Waals surface area contributed by atoms with E-state index in [1.54, 1.807) is 0 Å². The van der Waals surface area contributed by atoms with Crippen molar-refractivity contribution in [2.24, 2.45) is 29.1 Å². The Morgan fingerprint density at radius 3 is 2.12 bits per heavy atom. The number of carbonyl (C=O) groups excluding carboxylic acids is 2. The van der Waals surface area contributed by atoms with E-state index in [1.807, 2.05) is 4.90 Å². The minimum Gasteiger partial charge on any atom is -0.355 e. The molecular weight excluding hydrogens is 314 g/mol. The van der Waals surface area contributed by atoms with Gasteiger partial charge in [-0.15, -0.1) is 0 Å². The first-order valence-electron chi connectivity index (χ1n) is 10.0. The summed E-state index contributed by atoms with van der Waals surface area (Å²) in [5.74, 6) is 2.71. The molecule has 1 heterocycles. The summed E-state index contributed by atoms with van der Waals surface area (Å²) in [6.45, 7) is 1.82. The fourth-order valence-corrected chi connectivity index (χ4v) is 6.28. The topological polar surface area (TPSA) is 73.2 Å². The number of amides is 2. The molecule has 0 aromatic rings. The third-order valence-electron chi connectivity index (χ3n) is 7.17. The fraction of sp³-hybridized carbons (Fsp3) is 0.850. The highest BCUT2D eigenvalue weighted by Crippen LogP contribution is 2.60. The molecule has 1 aliphatic heterocycles. The molecule has 4 bridgehead atoms. The quantitative estimate of drug-likeness (QED) is 0.852. The Morgan fingerprint density at radius 1 is 1.04 bits per heavy atom. The summed E-state index contributed by atoms with van der Waals surface area (Å²) in [7, 11) is 0. The monoisotopic (exact) mass is 343 g/mol. The first-order valence-corrected chi connectivity index (χ1v) is 10.0. The summed E-state index contributed by atoms with van der Waals surface area (Å²) in [4.78, 5) is 27.0. The minimum atomic E-state index is -0.122. The maximum atomic E-state index is 12.9. The van der Waals surface area contributed by atoms with E-state index in [0.29, 0.717) is 26.1 Å². The average molecular weight is 343 g/mol. The van der Waals surface area contributed by atoms with Crippen LogP contribution in [0.5, 0.6) is 0 Å². The van der Waals surface area contributed by atoms with Gasteiger partial charge in [0, 0.05) is 37.4 Å². The molecule has 0 unspecified atom stereocenters. The molecule has 5 rings (SSSR count). The van der Waals surface area contributed by atoms with Gasteiger partial charge in [-0.05, 0) is 69.1 Å². The molecule has 5 fully saturated rings. The van der Waals surface area contributed by atoms with Crippen molar-refractivity contribution in [1.82, 2.24) is 10.2 Å². The smallest absolute Gasteiger partial charge is 0.226 e. The third kappa shape index (κ3) is 3.28. The van der Waals surface area contributed by atoms with E-state index in [9.17, 15) is 9.59 Å². The zero-order valence-electron chi connectivity index (χ0n) is 15.0. The Kier molecular flexibility index (Phi) is 4.47. The van der Waals surface area contributed by atoms with E-state index >= 15 is 0 Å². The predicted octanol–water partition coefficient (Wildman–Crippen LogP) is 2.47. The van der Waals surface area contributed by atoms with Crippen LogP contribution in [0.25, 0.3) is 0 Å². The second-order valence-corrected chi connectivity index (χ2v) is 8.99. The van der Waals surface area contributed by atoms with Gasteiger partial charge in [-0.3, -0.25) is 9.59 Å². The zero-order valence-corrected chi connectivity index (χ0v) is 15.0. The van der Waals surface area contributed by atoms with E-state index < -0.39 is 0 Å². The van der Waals surface area contributed by atoms with Crippen LogP contribution in [0.1, 0.15) is 57.8 Å². The van der Waals surface area contributed by atoms with Crippen molar-refractivity contribution in [2.75, 3.05) is 19.6 Å². The van der Waals surface area contributed by atoms with Gasteiger partial charge in [0.15, 0.2) is 0 Å². The summed E-state index contributed by atoms with van der Waals surface area (Å²) < 4.78 is 0. The first kappa shape index (κ1) is 16.9. The lowest BCUT2D eigenvalue weighted by Crippen LogP contribution is -2.54. The molecule has 0 spiro atoms. The van der Waals surface area contributed by atoms with E-state index in [-0.39, 0.29) is 23.1 Å². The van der Waals surface area contributed by atoms with Crippen molar-refractivity contribution >= 4 is 11.8 Å². The van der Waals surface area contributed by atoms with Crippen LogP contribution < -0.4 is 5.32 Å². The molecule has 5 aliphatic rings. The number of piperidine rings is 1. The molecule has 5 nitrogen and oxygen atoms in total. The maximum Gasteiger partial charge on any atom is 0.226 e. The second kappa shape index (κ2) is 6.63. The second-order valence-electron chi connectivity index (χ2n) is 8.99. The SMILES string of the molecule is N#CC1CCN(C(=O)CCNC(=O)C23CC4CC(CC(C4)C2)C3)CC1. The highest BCUT2D eigenvalue weighted by atomic mass is 16.2. The van der Waals surface area contributed by atoms with Crippen molar-refractivity contribution in [3.63, 3.8) is 0 Å². The molecule has 4 saturated carbocycles. The van der Waals surface area contributed by atoms with Crippen LogP contribution >= 0.6 is 0 Å². The van der Waals surface area contributed by atoms with E-state index in [0.717, 1.165) is 49.9 Å². The van der Waals surface area contributed by atoms with Crippen LogP contribution in [0, 0.1) is 40.4 Å². The normalized spacial score (nSPS) is 36.9. The molecule has 2 amide bonds. The number of likely N-dealkylation sites (tertiary alicyclic amines) is 1. The molecule has 1 N–H and O–H groups in total. The molecule has 4 aliphatic carbocycles. The molecular formula is C20H29N3O2. The van der Waals surface area contributed by atoms with Crippen molar-refractivity contribution < 1.29 is 9.59 Å². The largest absolute Gasteiger partial charge is 0.355 e. The van der Waals surface area contributed by atoms with Gasteiger partial charge in [-0.25, -0.2) is 0 Å². The van der Waals surface area contributed by atoms with Crippen LogP contribution in [-0.2, 0) is 9.59 Å². The molecule has 0 aromatic carbocycles. The number of rotatable bonds is 4. The third-order valence-corrected chi connectivity index (χ3v) is 7.17. The Labute approximate surface area is 150 Å². The minimum absolute atomic E-state index is 0.0971. The highest BCUT2D eigenvalue weighted by Gasteiger charge is 2.54. The number of nitriles is 1. The zero-order chi connectivity index (χ0) is 17.4. The summed E-state index contributed by atoms with van der Waals surface area (Å²) >= 11 is 0. The predicted molar refractivity (Wildman–Crippen MR) is 93.1 cm³/mol. The first-order chi connectivity index (χ1) is 12.1. The fourth-order valence-electron chi connectivity index (χ4n) is 6.28. The molecule has 0 atom stereocenters. The number of hydrogen-bond acceptors (Lipinski definition) is 3. The Bertz CT molecular complexity index is 551. The Balaban J connectivity index is 1.24. The Morgan fingerprint density at radius 2 is 1.60 bits per heavy atom. The van der Waals surface area contributed by atoms with Crippen molar-refractivity contribution in [1.29, 1.82) is 5.26 Å². The molecule has 0 radical (unpaired) electrons. The summed E-state index contributed by atoms with van der Waals surface area (Å²) in [6.07, 6.45) is 9.16. The lowest BCUT2D eigenvalue weighted by Gasteiger charge is -2.55. The lowest BCUT2D eigenvalue weighted by molar-refractivity contribution is -0.146. The van der Waals surface area contributed by atoms with E-state index in [2.05, 4.69) is 11.4 Å². The van der Waals surface area contributed by atoms with E-state index in [4.69, 9.17) is 5.26 Å². The van der Waals surface area contributed by atoms with Crippen molar-refractivity contribution in [3.8, 4) is 6.07 Å². The standard InChI is InChI=1S/C20H29N3O2/c21-13-14-2-5-23(6-3-14)18(24)1-4-22-19(25)20-10-15-7-16(11-20)9-17(8-15)12-20/h14-17H,1-12H2,(H,22,25). The molecule has 0 aromatic heterocycles. The van der Waals surface area contributed by atoms with Gasteiger partial charge in [0.2, 0.25) is 11.8 Å². The lowest BCUT2D eigenvalue weighted by atomic mass is 9.49. The van der Waals surface area contributed by atoms with Crippen LogP contribution in [0.15, 0.2) is 0 Å². The number of nitrogens with one attached hydrogen (secondary N) is 1. The summed E-state index contributed by atoms with van der Waals surface area (Å²) in [5, 5.41) is 12.0. The van der Waals surface area contributed by atoms with Gasteiger partial charge in [0.25, 0.3) is 0 Å². The van der Waals surface area contributed by atoms with Crippen LogP contribution in [-0.4, -0.2) is 36.3 Å². The van der Waals surface area contributed by atoms with Crippen LogP contribution in [0.2, 0.25) is 0 Å². The van der Waals surface area contributed by atoms with Crippen LogP contribution in [0.3, 0.4) is 0 Å². The summed E-state index contributed by atoms with van der Waals surface area (Å²) in [5.41, 5.74) is -0.122. The number of nitrogens with zero attached hydrogens (tertiary/aromatic N) is 2. The van der Waals surface area contributed by atoms with Gasteiger partial charge in [0.1, 0.15) is 0 Å². The molecule has 1 saturated heterocycles. The van der Waals surface area contributed by atoms with Crippen LogP contribution in [0.4, 0.5) is 0 Å². The average Bonchev–Trinajstić information content (AvgIpc) is 2.60.